The second kappa shape index (κ2) is 5.85. The Morgan fingerprint density at radius 3 is 2.33 bits per heavy atom. The fraction of sp³-hybridized carbons (Fsp3) is 0.625. The molecule has 2 nitrogen and oxygen atoms in total. The van der Waals surface area contributed by atoms with Crippen LogP contribution in [-0.2, 0) is 5.60 Å². The average molecular weight is 247 g/mol. The topological polar surface area (TPSA) is 32.3 Å². The normalized spacial score (nSPS) is 22.4. The molecule has 1 fully saturated rings. The Kier molecular flexibility index (Phi) is 4.41. The number of benzene rings is 1. The van der Waals surface area contributed by atoms with E-state index in [0.29, 0.717) is 5.92 Å². The van der Waals surface area contributed by atoms with Crippen LogP contribution >= 0.6 is 0 Å². The Hall–Kier alpha value is -0.860. The van der Waals surface area contributed by atoms with Crippen LogP contribution in [0, 0.1) is 5.92 Å². The van der Waals surface area contributed by atoms with Gasteiger partial charge >= 0.3 is 0 Å². The Bertz CT molecular complexity index is 359. The third kappa shape index (κ3) is 2.45. The summed E-state index contributed by atoms with van der Waals surface area (Å²) in [6, 6.07) is 10.2. The molecule has 1 aliphatic rings. The lowest BCUT2D eigenvalue weighted by molar-refractivity contribution is -0.0637. The van der Waals surface area contributed by atoms with Gasteiger partial charge in [0.05, 0.1) is 0 Å². The summed E-state index contributed by atoms with van der Waals surface area (Å²) in [6.45, 7) is 2.08. The van der Waals surface area contributed by atoms with Gasteiger partial charge in [0.1, 0.15) is 5.60 Å². The minimum Gasteiger partial charge on any atom is -0.383 e. The predicted molar refractivity (Wildman–Crippen MR) is 75.4 cm³/mol. The van der Waals surface area contributed by atoms with E-state index in [-0.39, 0.29) is 6.04 Å². The number of rotatable bonds is 4. The van der Waals surface area contributed by atoms with Crippen molar-refractivity contribution in [1.82, 2.24) is 5.32 Å². The summed E-state index contributed by atoms with van der Waals surface area (Å²) < 4.78 is 0. The van der Waals surface area contributed by atoms with E-state index in [1.165, 1.54) is 19.3 Å². The van der Waals surface area contributed by atoms with Crippen molar-refractivity contribution in [2.75, 3.05) is 7.05 Å². The lowest BCUT2D eigenvalue weighted by atomic mass is 9.70. The quantitative estimate of drug-likeness (QED) is 0.857. The van der Waals surface area contributed by atoms with Gasteiger partial charge in [0.2, 0.25) is 0 Å². The fourth-order valence-corrected chi connectivity index (χ4v) is 3.31. The van der Waals surface area contributed by atoms with Gasteiger partial charge in [-0.1, -0.05) is 49.6 Å². The van der Waals surface area contributed by atoms with E-state index >= 15 is 0 Å². The van der Waals surface area contributed by atoms with Crippen molar-refractivity contribution in [2.24, 2.45) is 5.92 Å². The van der Waals surface area contributed by atoms with Gasteiger partial charge < -0.3 is 10.4 Å². The summed E-state index contributed by atoms with van der Waals surface area (Å²) in [5.41, 5.74) is 0.315. The zero-order valence-electron chi connectivity index (χ0n) is 11.5. The van der Waals surface area contributed by atoms with Gasteiger partial charge in [-0.2, -0.15) is 0 Å². The molecule has 2 atom stereocenters. The number of aliphatic hydroxyl groups is 1. The Balaban J connectivity index is 2.33. The second-order valence-electron chi connectivity index (χ2n) is 5.54. The van der Waals surface area contributed by atoms with Crippen LogP contribution in [0.1, 0.15) is 44.6 Å². The molecule has 0 radical (unpaired) electrons. The Labute approximate surface area is 110 Å². The largest absolute Gasteiger partial charge is 0.383 e. The molecular formula is C16H25NO. The lowest BCUT2D eigenvalue weighted by Crippen LogP contribution is -2.51. The van der Waals surface area contributed by atoms with Crippen molar-refractivity contribution in [1.29, 1.82) is 0 Å². The first kappa shape index (κ1) is 13.6. The highest BCUT2D eigenvalue weighted by molar-refractivity contribution is 5.25. The van der Waals surface area contributed by atoms with Crippen molar-refractivity contribution in [2.45, 2.75) is 50.7 Å². The highest BCUT2D eigenvalue weighted by Crippen LogP contribution is 2.41. The van der Waals surface area contributed by atoms with Gasteiger partial charge in [-0.3, -0.25) is 0 Å². The highest BCUT2D eigenvalue weighted by Gasteiger charge is 2.42. The molecule has 0 aromatic heterocycles. The monoisotopic (exact) mass is 247 g/mol. The minimum absolute atomic E-state index is 0.0722. The zero-order valence-corrected chi connectivity index (χ0v) is 11.5. The van der Waals surface area contributed by atoms with E-state index < -0.39 is 5.60 Å². The maximum atomic E-state index is 11.3. The molecule has 1 aromatic rings. The van der Waals surface area contributed by atoms with Crippen molar-refractivity contribution < 1.29 is 5.11 Å². The first-order chi connectivity index (χ1) is 8.69. The molecule has 1 aromatic carbocycles. The standard InChI is InChI=1S/C16H25NO/c1-13(17-2)16(18,14-9-5-3-6-10-14)15-11-7-4-8-12-15/h3,5-6,9-10,13,15,17-18H,4,7-8,11-12H2,1-2H3. The lowest BCUT2D eigenvalue weighted by Gasteiger charge is -2.43. The Morgan fingerprint density at radius 1 is 1.17 bits per heavy atom. The highest BCUT2D eigenvalue weighted by atomic mass is 16.3. The number of hydrogen-bond acceptors (Lipinski definition) is 2. The van der Waals surface area contributed by atoms with Crippen molar-refractivity contribution in [3.63, 3.8) is 0 Å². The van der Waals surface area contributed by atoms with Crippen LogP contribution in [-0.4, -0.2) is 18.2 Å². The second-order valence-corrected chi connectivity index (χ2v) is 5.54. The molecule has 2 rings (SSSR count). The first-order valence-corrected chi connectivity index (χ1v) is 7.14. The summed E-state index contributed by atoms with van der Waals surface area (Å²) in [7, 11) is 1.93. The maximum absolute atomic E-state index is 11.3. The molecule has 0 spiro atoms. The van der Waals surface area contributed by atoms with Gasteiger partial charge in [0.25, 0.3) is 0 Å². The van der Waals surface area contributed by atoms with Crippen LogP contribution in [0.4, 0.5) is 0 Å². The van der Waals surface area contributed by atoms with Crippen LogP contribution < -0.4 is 5.32 Å². The van der Waals surface area contributed by atoms with Crippen LogP contribution in [0.15, 0.2) is 30.3 Å². The Morgan fingerprint density at radius 2 is 1.78 bits per heavy atom. The third-order valence-electron chi connectivity index (χ3n) is 4.56. The molecule has 0 saturated heterocycles. The van der Waals surface area contributed by atoms with E-state index in [1.54, 1.807) is 0 Å². The van der Waals surface area contributed by atoms with E-state index in [2.05, 4.69) is 24.4 Å². The van der Waals surface area contributed by atoms with E-state index in [0.717, 1.165) is 18.4 Å². The third-order valence-corrected chi connectivity index (χ3v) is 4.56. The van der Waals surface area contributed by atoms with Gasteiger partial charge in [0, 0.05) is 6.04 Å². The maximum Gasteiger partial charge on any atom is 0.107 e. The number of nitrogens with one attached hydrogen (secondary N) is 1. The molecule has 1 saturated carbocycles. The predicted octanol–water partition coefficient (Wildman–Crippen LogP) is 3.06. The van der Waals surface area contributed by atoms with Gasteiger partial charge in [-0.15, -0.1) is 0 Å². The van der Waals surface area contributed by atoms with Crippen LogP contribution in [0.2, 0.25) is 0 Å². The summed E-state index contributed by atoms with van der Waals surface area (Å²) in [5, 5.41) is 14.6. The van der Waals surface area contributed by atoms with E-state index in [9.17, 15) is 5.11 Å². The van der Waals surface area contributed by atoms with Crippen molar-refractivity contribution in [3.8, 4) is 0 Å². The van der Waals surface area contributed by atoms with Gasteiger partial charge in [-0.05, 0) is 38.3 Å². The molecule has 100 valence electrons. The van der Waals surface area contributed by atoms with Crippen molar-refractivity contribution >= 4 is 0 Å². The van der Waals surface area contributed by atoms with Crippen LogP contribution in [0.5, 0.6) is 0 Å². The fourth-order valence-electron chi connectivity index (χ4n) is 3.31. The molecule has 0 aliphatic heterocycles. The van der Waals surface area contributed by atoms with Gasteiger partial charge in [0.15, 0.2) is 0 Å². The average Bonchev–Trinajstić information content (AvgIpc) is 2.47. The van der Waals surface area contributed by atoms with Crippen molar-refractivity contribution in [3.05, 3.63) is 35.9 Å². The molecule has 0 heterocycles. The SMILES string of the molecule is CNC(C)C(O)(c1ccccc1)C1CCCCC1. The molecule has 1 aliphatic carbocycles. The van der Waals surface area contributed by atoms with Crippen LogP contribution in [0.25, 0.3) is 0 Å². The molecule has 2 heteroatoms. The molecule has 2 unspecified atom stereocenters. The first-order valence-electron chi connectivity index (χ1n) is 7.14. The number of likely N-dealkylation sites (N-methyl/N-ethyl adjacent to an activating group) is 1. The summed E-state index contributed by atoms with van der Waals surface area (Å²) >= 11 is 0. The smallest absolute Gasteiger partial charge is 0.107 e. The molecule has 18 heavy (non-hydrogen) atoms. The summed E-state index contributed by atoms with van der Waals surface area (Å²) in [5.74, 6) is 0.371. The zero-order chi connectivity index (χ0) is 13.0. The summed E-state index contributed by atoms with van der Waals surface area (Å²) in [4.78, 5) is 0. The van der Waals surface area contributed by atoms with Gasteiger partial charge in [-0.25, -0.2) is 0 Å². The molecule has 0 amide bonds. The van der Waals surface area contributed by atoms with Crippen LogP contribution in [0.3, 0.4) is 0 Å². The van der Waals surface area contributed by atoms with E-state index in [4.69, 9.17) is 0 Å². The summed E-state index contributed by atoms with van der Waals surface area (Å²) in [6.07, 6.45) is 6.08. The van der Waals surface area contributed by atoms with E-state index in [1.807, 2.05) is 25.2 Å². The molecular weight excluding hydrogens is 222 g/mol. The molecule has 2 N–H and O–H groups in total. The number of hydrogen-bond donors (Lipinski definition) is 2. The minimum atomic E-state index is -0.740. The molecule has 0 bridgehead atoms.